The molecule has 0 bridgehead atoms. The second-order valence-electron chi connectivity index (χ2n) is 6.35. The molecule has 3 heterocycles. The maximum atomic E-state index is 14.0. The van der Waals surface area contributed by atoms with Crippen LogP contribution in [0.5, 0.6) is 5.88 Å². The van der Waals surface area contributed by atoms with Gasteiger partial charge in [-0.2, -0.15) is 14.6 Å². The van der Waals surface area contributed by atoms with Crippen LogP contribution in [-0.4, -0.2) is 44.4 Å². The Hall–Kier alpha value is -2.64. The van der Waals surface area contributed by atoms with Crippen molar-refractivity contribution in [2.24, 2.45) is 0 Å². The average Bonchev–Trinajstić information content (AvgIpc) is 3.11. The Labute approximate surface area is 189 Å². The molecule has 0 unspecified atom stereocenters. The van der Waals surface area contributed by atoms with E-state index < -0.39 is 5.95 Å². The number of halogens is 1. The maximum Gasteiger partial charge on any atom is 0.232 e. The van der Waals surface area contributed by atoms with Gasteiger partial charge in [-0.25, -0.2) is 9.97 Å². The third kappa shape index (κ3) is 8.19. The van der Waals surface area contributed by atoms with Gasteiger partial charge in [-0.3, -0.25) is 9.69 Å². The first-order valence-electron chi connectivity index (χ1n) is 10.5. The molecule has 10 heteroatoms. The fourth-order valence-corrected chi connectivity index (χ4v) is 3.86. The van der Waals surface area contributed by atoms with Gasteiger partial charge in [0.05, 0.1) is 17.3 Å². The summed E-state index contributed by atoms with van der Waals surface area (Å²) < 4.78 is 19.9. The number of likely N-dealkylation sites (tertiary alicyclic amines) is 1. The number of piperidine rings is 1. The van der Waals surface area contributed by atoms with Gasteiger partial charge in [0.15, 0.2) is 10.8 Å². The van der Waals surface area contributed by atoms with E-state index in [0.717, 1.165) is 30.7 Å². The highest BCUT2D eigenvalue weighted by molar-refractivity contribution is 7.15. The third-order valence-electron chi connectivity index (χ3n) is 4.28. The van der Waals surface area contributed by atoms with Crippen molar-refractivity contribution in [1.82, 2.24) is 19.9 Å². The molecule has 1 N–H and O–H groups in total. The molecule has 2 aromatic heterocycles. The number of hydrogen-bond acceptors (Lipinski definition) is 8. The van der Waals surface area contributed by atoms with Crippen molar-refractivity contribution < 1.29 is 15.3 Å². The van der Waals surface area contributed by atoms with E-state index in [-0.39, 0.29) is 30.3 Å². The molecule has 3 rings (SSSR count). The van der Waals surface area contributed by atoms with Crippen molar-refractivity contribution in [3.05, 3.63) is 28.9 Å². The molecule has 1 fully saturated rings. The number of amides is 1. The number of carbonyl (C=O) groups is 1. The Bertz CT molecular complexity index is 859. The van der Waals surface area contributed by atoms with Crippen LogP contribution in [0.25, 0.3) is 0 Å². The number of hydrogen-bond donors (Lipinski definition) is 1. The minimum Gasteiger partial charge on any atom is -0.473 e. The zero-order chi connectivity index (χ0) is 23.4. The Morgan fingerprint density at radius 2 is 2.10 bits per heavy atom. The van der Waals surface area contributed by atoms with Gasteiger partial charge in [-0.15, -0.1) is 0 Å². The SMILES string of the molecule is CC.CC.CC(=O)Nc1nc(F)c(CN2CC[C@H](Oc3cnc(C#N)cn3)C[C@@H]2C)s1.[HH]. The summed E-state index contributed by atoms with van der Waals surface area (Å²) in [6.45, 7) is 12.6. The molecular weight excluding hydrogens is 419 g/mol. The largest absolute Gasteiger partial charge is 0.473 e. The van der Waals surface area contributed by atoms with Gasteiger partial charge in [0, 0.05) is 27.5 Å². The van der Waals surface area contributed by atoms with E-state index >= 15 is 0 Å². The molecule has 2 atom stereocenters. The van der Waals surface area contributed by atoms with Crippen molar-refractivity contribution in [3.8, 4) is 11.9 Å². The molecule has 2 aromatic rings. The Morgan fingerprint density at radius 1 is 1.39 bits per heavy atom. The molecule has 1 aliphatic rings. The summed E-state index contributed by atoms with van der Waals surface area (Å²) in [5.41, 5.74) is 0.246. The Kier molecular flexibility index (Phi) is 11.6. The first kappa shape index (κ1) is 26.4. The number of anilines is 1. The fraction of sp³-hybridized carbons (Fsp3) is 0.571. The van der Waals surface area contributed by atoms with E-state index in [4.69, 9.17) is 10.00 Å². The first-order chi connectivity index (χ1) is 14.9. The number of aromatic nitrogens is 3. The molecule has 172 valence electrons. The molecule has 1 amide bonds. The summed E-state index contributed by atoms with van der Waals surface area (Å²) in [6.07, 6.45) is 4.35. The van der Waals surface area contributed by atoms with E-state index in [9.17, 15) is 9.18 Å². The van der Waals surface area contributed by atoms with Gasteiger partial charge in [0.2, 0.25) is 17.7 Å². The van der Waals surface area contributed by atoms with Gasteiger partial charge in [0.25, 0.3) is 0 Å². The molecule has 1 saturated heterocycles. The summed E-state index contributed by atoms with van der Waals surface area (Å²) >= 11 is 1.15. The Morgan fingerprint density at radius 3 is 2.65 bits per heavy atom. The lowest BCUT2D eigenvalue weighted by Crippen LogP contribution is -2.43. The summed E-state index contributed by atoms with van der Waals surface area (Å²) in [4.78, 5) is 25.5. The van der Waals surface area contributed by atoms with Gasteiger partial charge >= 0.3 is 0 Å². The van der Waals surface area contributed by atoms with Gasteiger partial charge in [0.1, 0.15) is 12.2 Å². The number of thiazole rings is 1. The lowest BCUT2D eigenvalue weighted by atomic mass is 10.0. The molecule has 0 spiro atoms. The zero-order valence-corrected chi connectivity index (χ0v) is 19.8. The number of ether oxygens (including phenoxy) is 1. The highest BCUT2D eigenvalue weighted by Gasteiger charge is 2.28. The quantitative estimate of drug-likeness (QED) is 0.705. The predicted octanol–water partition coefficient (Wildman–Crippen LogP) is 4.63. The molecule has 0 saturated carbocycles. The lowest BCUT2D eigenvalue weighted by molar-refractivity contribution is -0.114. The standard InChI is InChI=1S/C17H19FN6O2S.2C2H6.H2/c1-10-5-13(26-15-8-20-12(6-19)7-21-15)3-4-24(10)9-14-16(18)23-17(27-14)22-11(2)25;2*1-2;/h7-8,10,13H,3-5,9H2,1-2H3,(H,22,23,25);2*1-2H3;1H/t10-,13-;;;/m0.../s1. The Balaban J connectivity index is 0.00000182. The minimum absolute atomic E-state index is 0. The topological polar surface area (TPSA) is 104 Å². The number of rotatable bonds is 5. The number of nitrogens with one attached hydrogen (secondary N) is 1. The highest BCUT2D eigenvalue weighted by atomic mass is 32.1. The summed E-state index contributed by atoms with van der Waals surface area (Å²) in [6, 6.07) is 2.10. The number of nitriles is 1. The first-order valence-corrected chi connectivity index (χ1v) is 11.3. The van der Waals surface area contributed by atoms with Crippen molar-refractivity contribution in [1.29, 1.82) is 5.26 Å². The van der Waals surface area contributed by atoms with Crippen LogP contribution in [0.4, 0.5) is 9.52 Å². The molecule has 0 aliphatic carbocycles. The maximum absolute atomic E-state index is 14.0. The summed E-state index contributed by atoms with van der Waals surface area (Å²) in [7, 11) is 0. The fourth-order valence-electron chi connectivity index (χ4n) is 2.94. The summed E-state index contributed by atoms with van der Waals surface area (Å²) in [5, 5.41) is 11.5. The third-order valence-corrected chi connectivity index (χ3v) is 5.21. The normalized spacial score (nSPS) is 17.9. The number of nitrogens with zero attached hydrogens (tertiary/aromatic N) is 5. The van der Waals surface area contributed by atoms with E-state index in [1.54, 1.807) is 0 Å². The minimum atomic E-state index is -0.540. The van der Waals surface area contributed by atoms with Crippen LogP contribution in [0, 0.1) is 17.3 Å². The van der Waals surface area contributed by atoms with Crippen LogP contribution in [-0.2, 0) is 11.3 Å². The van der Waals surface area contributed by atoms with E-state index in [2.05, 4.69) is 32.1 Å². The molecule has 8 nitrogen and oxygen atoms in total. The van der Waals surface area contributed by atoms with Crippen LogP contribution < -0.4 is 10.1 Å². The summed E-state index contributed by atoms with van der Waals surface area (Å²) in [5.74, 6) is -0.414. The molecule has 0 radical (unpaired) electrons. The van der Waals surface area contributed by atoms with Crippen LogP contribution in [0.3, 0.4) is 0 Å². The second-order valence-corrected chi connectivity index (χ2v) is 7.43. The van der Waals surface area contributed by atoms with Crippen LogP contribution in [0.15, 0.2) is 12.4 Å². The van der Waals surface area contributed by atoms with Gasteiger partial charge < -0.3 is 10.1 Å². The van der Waals surface area contributed by atoms with Gasteiger partial charge in [-0.1, -0.05) is 39.0 Å². The van der Waals surface area contributed by atoms with E-state index in [0.29, 0.717) is 17.3 Å². The molecule has 31 heavy (non-hydrogen) atoms. The zero-order valence-electron chi connectivity index (χ0n) is 19.0. The smallest absolute Gasteiger partial charge is 0.232 e. The van der Waals surface area contributed by atoms with Crippen LogP contribution in [0.2, 0.25) is 0 Å². The van der Waals surface area contributed by atoms with Crippen molar-refractivity contribution in [2.75, 3.05) is 11.9 Å². The lowest BCUT2D eigenvalue weighted by Gasteiger charge is -2.37. The molecule has 0 aromatic carbocycles. The molecule has 1 aliphatic heterocycles. The van der Waals surface area contributed by atoms with E-state index in [1.165, 1.54) is 19.3 Å². The number of carbonyl (C=O) groups excluding carboxylic acids is 1. The van der Waals surface area contributed by atoms with Crippen LogP contribution >= 0.6 is 11.3 Å². The average molecular weight is 453 g/mol. The highest BCUT2D eigenvalue weighted by Crippen LogP contribution is 2.27. The van der Waals surface area contributed by atoms with Crippen LogP contribution in [0.1, 0.15) is 66.4 Å². The van der Waals surface area contributed by atoms with Crippen molar-refractivity contribution in [3.63, 3.8) is 0 Å². The van der Waals surface area contributed by atoms with E-state index in [1.807, 2.05) is 33.8 Å². The van der Waals surface area contributed by atoms with Gasteiger partial charge in [-0.05, 0) is 19.8 Å². The monoisotopic (exact) mass is 452 g/mol. The second kappa shape index (κ2) is 13.6. The molecular formula is C21H33FN6O2S. The van der Waals surface area contributed by atoms with Crippen molar-refractivity contribution in [2.45, 2.75) is 73.1 Å². The van der Waals surface area contributed by atoms with Crippen molar-refractivity contribution >= 4 is 22.4 Å². The predicted molar refractivity (Wildman–Crippen MR) is 121 cm³/mol.